The van der Waals surface area contributed by atoms with Crippen molar-refractivity contribution >= 4 is 11.6 Å². The number of hydrogen-bond acceptors (Lipinski definition) is 5. The number of carbonyl (C=O) groups excluding carboxylic acids is 1. The van der Waals surface area contributed by atoms with Gasteiger partial charge >= 0.3 is 0 Å². The van der Waals surface area contributed by atoms with Crippen LogP contribution in [0.2, 0.25) is 0 Å². The van der Waals surface area contributed by atoms with Crippen molar-refractivity contribution in [3.05, 3.63) is 23.0 Å². The lowest BCUT2D eigenvalue weighted by atomic mass is 10.2. The van der Waals surface area contributed by atoms with Crippen LogP contribution >= 0.6 is 0 Å². The Morgan fingerprint density at radius 1 is 1.16 bits per heavy atom. The summed E-state index contributed by atoms with van der Waals surface area (Å²) in [5.41, 5.74) is 2.60. The number of aromatic nitrogens is 5. The molecule has 8 heteroatoms. The van der Waals surface area contributed by atoms with Crippen molar-refractivity contribution in [1.82, 2.24) is 29.4 Å². The molecule has 2 aromatic rings. The Bertz CT molecular complexity index is 789. The smallest absolute Gasteiger partial charge is 0.241 e. The maximum Gasteiger partial charge on any atom is 0.241 e. The standard InChI is InChI=1S/C17H27N7O/c1-10(2)16-20-19-14-9-23(7-8-24(14)16)13(5)17(25)18-15-11(3)21-22(6)12(15)4/h10,13H,7-9H2,1-6H3,(H,18,25). The van der Waals surface area contributed by atoms with Crippen molar-refractivity contribution in [3.63, 3.8) is 0 Å². The van der Waals surface area contributed by atoms with Gasteiger partial charge < -0.3 is 9.88 Å². The first-order valence-corrected chi connectivity index (χ1v) is 8.76. The predicted octanol–water partition coefficient (Wildman–Crippen LogP) is 1.59. The lowest BCUT2D eigenvalue weighted by Gasteiger charge is -2.32. The molecule has 1 aliphatic rings. The van der Waals surface area contributed by atoms with Gasteiger partial charge in [0.1, 0.15) is 11.6 Å². The first-order valence-electron chi connectivity index (χ1n) is 8.76. The van der Waals surface area contributed by atoms with Crippen LogP contribution in [0.5, 0.6) is 0 Å². The molecule has 25 heavy (non-hydrogen) atoms. The van der Waals surface area contributed by atoms with Gasteiger partial charge in [-0.25, -0.2) is 0 Å². The van der Waals surface area contributed by atoms with E-state index in [9.17, 15) is 4.79 Å². The zero-order valence-corrected chi connectivity index (χ0v) is 15.9. The minimum atomic E-state index is -0.244. The summed E-state index contributed by atoms with van der Waals surface area (Å²) >= 11 is 0. The zero-order chi connectivity index (χ0) is 18.3. The van der Waals surface area contributed by atoms with Gasteiger partial charge in [-0.2, -0.15) is 5.10 Å². The Kier molecular flexibility index (Phi) is 4.64. The Morgan fingerprint density at radius 3 is 2.48 bits per heavy atom. The highest BCUT2D eigenvalue weighted by Crippen LogP contribution is 2.22. The first kappa shape index (κ1) is 17.6. The third kappa shape index (κ3) is 3.18. The molecule has 0 saturated heterocycles. The van der Waals surface area contributed by atoms with Crippen LogP contribution in [0.25, 0.3) is 0 Å². The third-order valence-corrected chi connectivity index (χ3v) is 5.01. The summed E-state index contributed by atoms with van der Waals surface area (Å²) in [4.78, 5) is 14.9. The van der Waals surface area contributed by atoms with E-state index in [-0.39, 0.29) is 11.9 Å². The highest BCUT2D eigenvalue weighted by molar-refractivity contribution is 5.95. The van der Waals surface area contributed by atoms with E-state index in [2.05, 4.69) is 43.9 Å². The maximum absolute atomic E-state index is 12.7. The highest BCUT2D eigenvalue weighted by atomic mass is 16.2. The van der Waals surface area contributed by atoms with Gasteiger partial charge in [0.2, 0.25) is 5.91 Å². The number of aryl methyl sites for hydroxylation is 2. The minimum Gasteiger partial charge on any atom is -0.322 e. The molecule has 0 bridgehead atoms. The molecule has 0 fully saturated rings. The fourth-order valence-corrected chi connectivity index (χ4v) is 3.30. The van der Waals surface area contributed by atoms with E-state index in [1.54, 1.807) is 4.68 Å². The van der Waals surface area contributed by atoms with E-state index < -0.39 is 0 Å². The number of fused-ring (bicyclic) bond motifs is 1. The zero-order valence-electron chi connectivity index (χ0n) is 15.9. The van der Waals surface area contributed by atoms with Gasteiger partial charge in [-0.1, -0.05) is 13.8 Å². The molecule has 0 saturated carbocycles. The van der Waals surface area contributed by atoms with Crippen LogP contribution in [0, 0.1) is 13.8 Å². The summed E-state index contributed by atoms with van der Waals surface area (Å²) in [6, 6.07) is -0.244. The van der Waals surface area contributed by atoms with Crippen LogP contribution in [-0.4, -0.2) is 47.9 Å². The van der Waals surface area contributed by atoms with Crippen molar-refractivity contribution in [2.75, 3.05) is 11.9 Å². The van der Waals surface area contributed by atoms with Gasteiger partial charge in [-0.05, 0) is 20.8 Å². The van der Waals surface area contributed by atoms with E-state index in [4.69, 9.17) is 0 Å². The fraction of sp³-hybridized carbons (Fsp3) is 0.647. The van der Waals surface area contributed by atoms with E-state index in [1.807, 2.05) is 27.8 Å². The third-order valence-electron chi connectivity index (χ3n) is 5.01. The second kappa shape index (κ2) is 6.59. The molecular weight excluding hydrogens is 318 g/mol. The maximum atomic E-state index is 12.7. The monoisotopic (exact) mass is 345 g/mol. The van der Waals surface area contributed by atoms with E-state index in [0.717, 1.165) is 41.8 Å². The van der Waals surface area contributed by atoms with Crippen molar-refractivity contribution in [2.45, 2.75) is 59.7 Å². The number of nitrogens with one attached hydrogen (secondary N) is 1. The number of anilines is 1. The van der Waals surface area contributed by atoms with Gasteiger partial charge in [0, 0.05) is 26.1 Å². The number of amides is 1. The average Bonchev–Trinajstić information content (AvgIpc) is 3.10. The molecule has 136 valence electrons. The normalized spacial score (nSPS) is 16.1. The van der Waals surface area contributed by atoms with Gasteiger partial charge in [-0.15, -0.1) is 10.2 Å². The molecule has 1 unspecified atom stereocenters. The highest BCUT2D eigenvalue weighted by Gasteiger charge is 2.29. The summed E-state index contributed by atoms with van der Waals surface area (Å²) in [6.07, 6.45) is 0. The summed E-state index contributed by atoms with van der Waals surface area (Å²) in [5, 5.41) is 16.0. The molecular formula is C17H27N7O. The van der Waals surface area contributed by atoms with Crippen LogP contribution < -0.4 is 5.32 Å². The molecule has 1 aliphatic heterocycles. The quantitative estimate of drug-likeness (QED) is 0.910. The second-order valence-corrected chi connectivity index (χ2v) is 7.09. The summed E-state index contributed by atoms with van der Waals surface area (Å²) < 4.78 is 3.97. The molecule has 3 heterocycles. The number of nitrogens with zero attached hydrogens (tertiary/aromatic N) is 6. The predicted molar refractivity (Wildman–Crippen MR) is 95.3 cm³/mol. The van der Waals surface area contributed by atoms with E-state index >= 15 is 0 Å². The van der Waals surface area contributed by atoms with E-state index in [1.165, 1.54) is 0 Å². The van der Waals surface area contributed by atoms with Crippen molar-refractivity contribution in [3.8, 4) is 0 Å². The van der Waals surface area contributed by atoms with Crippen molar-refractivity contribution in [1.29, 1.82) is 0 Å². The molecule has 2 aromatic heterocycles. The van der Waals surface area contributed by atoms with Gasteiger partial charge in [0.15, 0.2) is 0 Å². The molecule has 1 amide bonds. The lowest BCUT2D eigenvalue weighted by molar-refractivity contribution is -0.121. The molecule has 3 rings (SSSR count). The Balaban J connectivity index is 1.71. The molecule has 0 aliphatic carbocycles. The average molecular weight is 345 g/mol. The van der Waals surface area contributed by atoms with Crippen LogP contribution in [-0.2, 0) is 24.9 Å². The van der Waals surface area contributed by atoms with Crippen LogP contribution in [0.3, 0.4) is 0 Å². The lowest BCUT2D eigenvalue weighted by Crippen LogP contribution is -2.46. The van der Waals surface area contributed by atoms with Crippen LogP contribution in [0.1, 0.15) is 49.7 Å². The van der Waals surface area contributed by atoms with Gasteiger partial charge in [0.05, 0.1) is 29.7 Å². The Hall–Kier alpha value is -2.22. The number of rotatable bonds is 4. The molecule has 1 atom stereocenters. The minimum absolute atomic E-state index is 0.0174. The molecule has 8 nitrogen and oxygen atoms in total. The Morgan fingerprint density at radius 2 is 1.88 bits per heavy atom. The van der Waals surface area contributed by atoms with Gasteiger partial charge in [-0.3, -0.25) is 14.4 Å². The number of hydrogen-bond donors (Lipinski definition) is 1. The fourth-order valence-electron chi connectivity index (χ4n) is 3.30. The number of carbonyl (C=O) groups is 1. The van der Waals surface area contributed by atoms with Crippen LogP contribution in [0.4, 0.5) is 5.69 Å². The largest absolute Gasteiger partial charge is 0.322 e. The molecule has 0 spiro atoms. The van der Waals surface area contributed by atoms with Crippen LogP contribution in [0.15, 0.2) is 0 Å². The first-order chi connectivity index (χ1) is 11.8. The molecule has 0 aromatic carbocycles. The topological polar surface area (TPSA) is 80.9 Å². The van der Waals surface area contributed by atoms with Crippen molar-refractivity contribution in [2.24, 2.45) is 7.05 Å². The molecule has 0 radical (unpaired) electrons. The van der Waals surface area contributed by atoms with Crippen molar-refractivity contribution < 1.29 is 4.79 Å². The second-order valence-electron chi connectivity index (χ2n) is 7.09. The van der Waals surface area contributed by atoms with Gasteiger partial charge in [0.25, 0.3) is 0 Å². The summed E-state index contributed by atoms with van der Waals surface area (Å²) in [6.45, 7) is 12.3. The summed E-state index contributed by atoms with van der Waals surface area (Å²) in [7, 11) is 1.88. The molecule has 1 N–H and O–H groups in total. The summed E-state index contributed by atoms with van der Waals surface area (Å²) in [5.74, 6) is 2.29. The Labute approximate surface area is 148 Å². The SMILES string of the molecule is Cc1nn(C)c(C)c1NC(=O)C(C)N1CCn2c(nnc2C(C)C)C1. The van der Waals surface area contributed by atoms with E-state index in [0.29, 0.717) is 12.5 Å².